The highest BCUT2D eigenvalue weighted by molar-refractivity contribution is 6.04. The largest absolute Gasteiger partial charge is 0.398 e. The van der Waals surface area contributed by atoms with Crippen LogP contribution in [0, 0.1) is 5.41 Å². The quantitative estimate of drug-likeness (QED) is 0.335. The van der Waals surface area contributed by atoms with Crippen LogP contribution >= 0.6 is 0 Å². The normalized spacial score (nSPS) is 14.9. The summed E-state index contributed by atoms with van der Waals surface area (Å²) in [4.78, 5) is 7.50. The van der Waals surface area contributed by atoms with Gasteiger partial charge in [-0.15, -0.1) is 0 Å². The molecule has 0 rings (SSSR count). The van der Waals surface area contributed by atoms with Crippen molar-refractivity contribution >= 4 is 18.3 Å². The van der Waals surface area contributed by atoms with Gasteiger partial charge in [0.05, 0.1) is 0 Å². The summed E-state index contributed by atoms with van der Waals surface area (Å²) in [7, 11) is 3.20. The number of amidine groups is 1. The standard InChI is InChI=1S/C9H15N5/c1-13-6-7(5-10)8(11)3-4-9(12)14-2/h3-6,10H,11H2,1-2H3,(H2,12,14)/b4-3-,8-7?,10-5?,13-6?. The van der Waals surface area contributed by atoms with Crippen molar-refractivity contribution in [3.63, 3.8) is 0 Å². The molecule has 0 radical (unpaired) electrons. The highest BCUT2D eigenvalue weighted by atomic mass is 14.8. The zero-order valence-corrected chi connectivity index (χ0v) is 8.36. The minimum absolute atomic E-state index is 0.380. The number of allylic oxidation sites excluding steroid dienone is 2. The number of hydrogen-bond donors (Lipinski definition) is 3. The third kappa shape index (κ3) is 4.20. The molecular formula is C9H15N5. The summed E-state index contributed by atoms with van der Waals surface area (Å²) in [6, 6.07) is 0. The molecule has 0 aromatic heterocycles. The van der Waals surface area contributed by atoms with Crippen LogP contribution in [0.25, 0.3) is 0 Å². The Kier molecular flexibility index (Phi) is 5.69. The molecule has 0 atom stereocenters. The van der Waals surface area contributed by atoms with Crippen LogP contribution < -0.4 is 11.5 Å². The number of nitrogens with two attached hydrogens (primary N) is 2. The average molecular weight is 193 g/mol. The van der Waals surface area contributed by atoms with Gasteiger partial charge in [0.2, 0.25) is 0 Å². The first kappa shape index (κ1) is 12.1. The maximum Gasteiger partial charge on any atom is 0.117 e. The summed E-state index contributed by atoms with van der Waals surface area (Å²) in [6.07, 6.45) is 5.80. The van der Waals surface area contributed by atoms with Crippen molar-refractivity contribution in [2.75, 3.05) is 14.1 Å². The molecule has 0 aliphatic rings. The Labute approximate surface area is 83.4 Å². The molecular weight excluding hydrogens is 178 g/mol. The molecule has 0 heterocycles. The van der Waals surface area contributed by atoms with Gasteiger partial charge in [-0.2, -0.15) is 0 Å². The van der Waals surface area contributed by atoms with Gasteiger partial charge in [-0.3, -0.25) is 9.98 Å². The highest BCUT2D eigenvalue weighted by Gasteiger charge is 1.93. The van der Waals surface area contributed by atoms with E-state index >= 15 is 0 Å². The summed E-state index contributed by atoms with van der Waals surface area (Å²) in [6.45, 7) is 0. The molecule has 0 spiro atoms. The zero-order chi connectivity index (χ0) is 11.0. The van der Waals surface area contributed by atoms with Gasteiger partial charge in [0.15, 0.2) is 0 Å². The minimum atomic E-state index is 0.380. The number of aliphatic imine (C=N–C) groups is 2. The molecule has 0 saturated heterocycles. The van der Waals surface area contributed by atoms with Crippen LogP contribution in [-0.2, 0) is 0 Å². The summed E-state index contributed by atoms with van der Waals surface area (Å²) in [5.74, 6) is 0.380. The Hall–Kier alpha value is -1.91. The Balaban J connectivity index is 4.81. The SMILES string of the molecule is CN=CC(C=N)=C(N)/C=C\C(N)=NC. The van der Waals surface area contributed by atoms with Crippen LogP contribution in [0.1, 0.15) is 0 Å². The lowest BCUT2D eigenvalue weighted by atomic mass is 10.2. The lowest BCUT2D eigenvalue weighted by molar-refractivity contribution is 1.38. The maximum absolute atomic E-state index is 7.07. The number of hydrogen-bond acceptors (Lipinski definition) is 4. The van der Waals surface area contributed by atoms with Gasteiger partial charge in [-0.1, -0.05) is 0 Å². The van der Waals surface area contributed by atoms with E-state index in [9.17, 15) is 0 Å². The molecule has 0 aliphatic carbocycles. The summed E-state index contributed by atoms with van der Waals surface area (Å²) < 4.78 is 0. The Bertz CT molecular complexity index is 309. The zero-order valence-electron chi connectivity index (χ0n) is 8.36. The van der Waals surface area contributed by atoms with E-state index in [1.165, 1.54) is 6.21 Å². The summed E-state index contributed by atoms with van der Waals surface area (Å²) in [5, 5.41) is 7.07. The predicted octanol–water partition coefficient (Wildman–Crippen LogP) is 0.0926. The van der Waals surface area contributed by atoms with E-state index in [4.69, 9.17) is 16.9 Å². The molecule has 0 unspecified atom stereocenters. The van der Waals surface area contributed by atoms with E-state index in [0.717, 1.165) is 6.21 Å². The van der Waals surface area contributed by atoms with E-state index in [1.807, 2.05) is 0 Å². The second kappa shape index (κ2) is 6.59. The predicted molar refractivity (Wildman–Crippen MR) is 61.1 cm³/mol. The van der Waals surface area contributed by atoms with E-state index < -0.39 is 0 Å². The third-order valence-corrected chi connectivity index (χ3v) is 1.45. The molecule has 76 valence electrons. The number of rotatable bonds is 4. The monoisotopic (exact) mass is 193 g/mol. The first-order valence-corrected chi connectivity index (χ1v) is 3.98. The molecule has 0 saturated carbocycles. The first-order valence-electron chi connectivity index (χ1n) is 3.98. The van der Waals surface area contributed by atoms with Crippen molar-refractivity contribution in [3.05, 3.63) is 23.4 Å². The van der Waals surface area contributed by atoms with Crippen LogP contribution in [-0.4, -0.2) is 32.4 Å². The molecule has 0 amide bonds. The molecule has 14 heavy (non-hydrogen) atoms. The van der Waals surface area contributed by atoms with Gasteiger partial charge in [-0.05, 0) is 12.2 Å². The van der Waals surface area contributed by atoms with Gasteiger partial charge < -0.3 is 16.9 Å². The van der Waals surface area contributed by atoms with Crippen molar-refractivity contribution in [1.82, 2.24) is 0 Å². The van der Waals surface area contributed by atoms with Gasteiger partial charge in [0.1, 0.15) is 5.84 Å². The fourth-order valence-electron chi connectivity index (χ4n) is 0.680. The Morgan fingerprint density at radius 1 is 1.21 bits per heavy atom. The third-order valence-electron chi connectivity index (χ3n) is 1.45. The van der Waals surface area contributed by atoms with Gasteiger partial charge in [0, 0.05) is 37.8 Å². The van der Waals surface area contributed by atoms with E-state index in [-0.39, 0.29) is 0 Å². The van der Waals surface area contributed by atoms with Crippen molar-refractivity contribution < 1.29 is 0 Å². The molecule has 0 fully saturated rings. The van der Waals surface area contributed by atoms with Gasteiger partial charge >= 0.3 is 0 Å². The van der Waals surface area contributed by atoms with E-state index in [2.05, 4.69) is 9.98 Å². The van der Waals surface area contributed by atoms with Crippen molar-refractivity contribution in [3.8, 4) is 0 Å². The number of nitrogens with zero attached hydrogens (tertiary/aromatic N) is 2. The second-order valence-corrected chi connectivity index (χ2v) is 2.42. The smallest absolute Gasteiger partial charge is 0.117 e. The lowest BCUT2D eigenvalue weighted by Gasteiger charge is -1.96. The van der Waals surface area contributed by atoms with Crippen LogP contribution in [0.5, 0.6) is 0 Å². The topological polar surface area (TPSA) is 101 Å². The fourth-order valence-corrected chi connectivity index (χ4v) is 0.680. The van der Waals surface area contributed by atoms with Gasteiger partial charge in [-0.25, -0.2) is 0 Å². The molecule has 5 N–H and O–H groups in total. The van der Waals surface area contributed by atoms with E-state index in [0.29, 0.717) is 17.1 Å². The van der Waals surface area contributed by atoms with Crippen molar-refractivity contribution in [2.45, 2.75) is 0 Å². The van der Waals surface area contributed by atoms with Crippen LogP contribution in [0.15, 0.2) is 33.4 Å². The number of nitrogens with one attached hydrogen (secondary N) is 1. The lowest BCUT2D eigenvalue weighted by Crippen LogP contribution is -2.08. The second-order valence-electron chi connectivity index (χ2n) is 2.42. The highest BCUT2D eigenvalue weighted by Crippen LogP contribution is 1.94. The first-order chi connectivity index (χ1) is 6.65. The Morgan fingerprint density at radius 3 is 2.29 bits per heavy atom. The average Bonchev–Trinajstić information content (AvgIpc) is 2.21. The summed E-state index contributed by atoms with van der Waals surface area (Å²) in [5.41, 5.74) is 12.1. The minimum Gasteiger partial charge on any atom is -0.398 e. The molecule has 0 aromatic rings. The summed E-state index contributed by atoms with van der Waals surface area (Å²) >= 11 is 0. The van der Waals surface area contributed by atoms with Crippen LogP contribution in [0.3, 0.4) is 0 Å². The molecule has 5 nitrogen and oxygen atoms in total. The van der Waals surface area contributed by atoms with E-state index in [1.54, 1.807) is 26.2 Å². The molecule has 0 aromatic carbocycles. The van der Waals surface area contributed by atoms with Crippen molar-refractivity contribution in [1.29, 1.82) is 5.41 Å². The van der Waals surface area contributed by atoms with Gasteiger partial charge in [0.25, 0.3) is 0 Å². The molecule has 0 aliphatic heterocycles. The molecule has 5 heteroatoms. The van der Waals surface area contributed by atoms with Crippen LogP contribution in [0.4, 0.5) is 0 Å². The van der Waals surface area contributed by atoms with Crippen molar-refractivity contribution in [2.24, 2.45) is 21.5 Å². The van der Waals surface area contributed by atoms with Crippen LogP contribution in [0.2, 0.25) is 0 Å². The molecule has 0 bridgehead atoms. The maximum atomic E-state index is 7.07. The fraction of sp³-hybridized carbons (Fsp3) is 0.222. The Morgan fingerprint density at radius 2 is 1.86 bits per heavy atom.